The Morgan fingerprint density at radius 2 is 1.88 bits per heavy atom. The van der Waals surface area contributed by atoms with E-state index in [9.17, 15) is 22.8 Å². The van der Waals surface area contributed by atoms with Crippen LogP contribution in [0.15, 0.2) is 30.3 Å². The lowest BCUT2D eigenvalue weighted by molar-refractivity contribution is -0.150. The van der Waals surface area contributed by atoms with Gasteiger partial charge in [-0.05, 0) is 5.56 Å². The summed E-state index contributed by atoms with van der Waals surface area (Å²) in [6, 6.07) is 7.34. The van der Waals surface area contributed by atoms with Crippen molar-refractivity contribution in [3.05, 3.63) is 35.9 Å². The van der Waals surface area contributed by atoms with Gasteiger partial charge in [0.25, 0.3) is 0 Å². The van der Waals surface area contributed by atoms with Crippen LogP contribution in [0.5, 0.6) is 0 Å². The number of likely N-dealkylation sites (N-methyl/N-ethyl adjacent to an activating group) is 1. The number of carbonyl (C=O) groups is 2. The van der Waals surface area contributed by atoms with Crippen LogP contribution < -0.4 is 10.6 Å². The van der Waals surface area contributed by atoms with Crippen molar-refractivity contribution in [2.45, 2.75) is 12.2 Å². The highest BCUT2D eigenvalue weighted by Gasteiger charge is 2.32. The highest BCUT2D eigenvalue weighted by Crippen LogP contribution is 2.16. The van der Waals surface area contributed by atoms with E-state index in [1.807, 2.05) is 0 Å². The van der Waals surface area contributed by atoms with Crippen LogP contribution in [0.1, 0.15) is 11.6 Å². The number of carbonyl (C=O) groups excluding carboxylic acids is 2. The van der Waals surface area contributed by atoms with E-state index in [4.69, 9.17) is 5.11 Å². The molecule has 3 N–H and O–H groups in total. The maximum absolute atomic E-state index is 12.5. The number of rotatable bonds is 8. The minimum atomic E-state index is -4.49. The third kappa shape index (κ3) is 6.97. The molecule has 1 aromatic rings. The number of hydrogen-bond acceptors (Lipinski definition) is 4. The lowest BCUT2D eigenvalue weighted by Gasteiger charge is -2.24. The fourth-order valence-corrected chi connectivity index (χ4v) is 2.11. The van der Waals surface area contributed by atoms with E-state index in [0.29, 0.717) is 5.56 Å². The minimum absolute atomic E-state index is 0.303. The minimum Gasteiger partial charge on any atom is -0.395 e. The van der Waals surface area contributed by atoms with Crippen LogP contribution in [0.3, 0.4) is 0 Å². The molecular weight excluding hydrogens is 327 g/mol. The third-order valence-electron chi connectivity index (χ3n) is 3.13. The summed E-state index contributed by atoms with van der Waals surface area (Å²) in [5.41, 5.74) is 0.509. The molecule has 0 bridgehead atoms. The predicted molar refractivity (Wildman–Crippen MR) is 81.0 cm³/mol. The van der Waals surface area contributed by atoms with Gasteiger partial charge in [0.2, 0.25) is 11.8 Å². The summed E-state index contributed by atoms with van der Waals surface area (Å²) in [6.07, 6.45) is -4.49. The molecule has 0 saturated heterocycles. The Balaban J connectivity index is 2.78. The van der Waals surface area contributed by atoms with E-state index < -0.39 is 43.7 Å². The topological polar surface area (TPSA) is 81.7 Å². The molecule has 0 aromatic heterocycles. The largest absolute Gasteiger partial charge is 0.401 e. The number of aliphatic hydroxyl groups excluding tert-OH is 1. The van der Waals surface area contributed by atoms with Gasteiger partial charge >= 0.3 is 6.18 Å². The molecule has 134 valence electrons. The van der Waals surface area contributed by atoms with E-state index in [0.717, 1.165) is 4.90 Å². The second-order valence-corrected chi connectivity index (χ2v) is 5.07. The fourth-order valence-electron chi connectivity index (χ4n) is 2.11. The van der Waals surface area contributed by atoms with Crippen molar-refractivity contribution in [3.8, 4) is 0 Å². The number of hydrogen-bond donors (Lipinski definition) is 3. The van der Waals surface area contributed by atoms with Gasteiger partial charge < -0.3 is 15.7 Å². The Morgan fingerprint density at radius 1 is 1.25 bits per heavy atom. The van der Waals surface area contributed by atoms with Gasteiger partial charge in [0.15, 0.2) is 0 Å². The van der Waals surface area contributed by atoms with E-state index in [1.54, 1.807) is 30.3 Å². The summed E-state index contributed by atoms with van der Waals surface area (Å²) in [5, 5.41) is 13.6. The molecule has 0 aliphatic rings. The summed E-state index contributed by atoms with van der Waals surface area (Å²) in [7, 11) is 1.39. The smallest absolute Gasteiger partial charge is 0.395 e. The molecule has 2 amide bonds. The molecule has 0 aliphatic carbocycles. The predicted octanol–water partition coefficient (Wildman–Crippen LogP) is 0.446. The van der Waals surface area contributed by atoms with Crippen LogP contribution in [-0.2, 0) is 9.59 Å². The second-order valence-electron chi connectivity index (χ2n) is 5.07. The van der Waals surface area contributed by atoms with Gasteiger partial charge in [-0.3, -0.25) is 14.5 Å². The van der Waals surface area contributed by atoms with Crippen LogP contribution in [-0.4, -0.2) is 61.3 Å². The van der Waals surface area contributed by atoms with E-state index >= 15 is 0 Å². The van der Waals surface area contributed by atoms with E-state index in [2.05, 4.69) is 10.6 Å². The summed E-state index contributed by atoms with van der Waals surface area (Å²) in [6.45, 7) is -2.72. The van der Waals surface area contributed by atoms with Gasteiger partial charge in [-0.15, -0.1) is 0 Å². The SMILES string of the molecule is CNC(=O)[C@H](NC(=O)CN(CCO)CC(F)(F)F)c1ccccc1. The molecule has 0 radical (unpaired) electrons. The number of benzene rings is 1. The molecule has 0 unspecified atom stereocenters. The Labute approximate surface area is 137 Å². The molecular formula is C15H20F3N3O3. The lowest BCUT2D eigenvalue weighted by atomic mass is 10.1. The monoisotopic (exact) mass is 347 g/mol. The summed E-state index contributed by atoms with van der Waals surface area (Å²) in [5.74, 6) is -1.23. The first-order chi connectivity index (χ1) is 11.3. The molecule has 6 nitrogen and oxygen atoms in total. The first-order valence-corrected chi connectivity index (χ1v) is 7.22. The maximum atomic E-state index is 12.5. The molecule has 24 heavy (non-hydrogen) atoms. The zero-order valence-corrected chi connectivity index (χ0v) is 13.1. The first-order valence-electron chi connectivity index (χ1n) is 7.22. The molecule has 0 fully saturated rings. The average molecular weight is 347 g/mol. The maximum Gasteiger partial charge on any atom is 0.401 e. The van der Waals surface area contributed by atoms with Crippen molar-refractivity contribution >= 4 is 11.8 Å². The van der Waals surface area contributed by atoms with Crippen LogP contribution >= 0.6 is 0 Å². The quantitative estimate of drug-likeness (QED) is 0.638. The lowest BCUT2D eigenvalue weighted by Crippen LogP contribution is -2.46. The van der Waals surface area contributed by atoms with Crippen molar-refractivity contribution in [2.75, 3.05) is 33.3 Å². The van der Waals surface area contributed by atoms with Gasteiger partial charge in [0.05, 0.1) is 19.7 Å². The molecule has 9 heteroatoms. The zero-order valence-electron chi connectivity index (χ0n) is 13.1. The Kier molecular flexibility index (Phi) is 7.66. The Morgan fingerprint density at radius 3 is 2.38 bits per heavy atom. The molecule has 0 heterocycles. The van der Waals surface area contributed by atoms with Gasteiger partial charge in [-0.25, -0.2) is 0 Å². The summed E-state index contributed by atoms with van der Waals surface area (Å²) >= 11 is 0. The van der Waals surface area contributed by atoms with Crippen molar-refractivity contribution in [1.82, 2.24) is 15.5 Å². The number of nitrogens with zero attached hydrogens (tertiary/aromatic N) is 1. The molecule has 0 saturated carbocycles. The zero-order chi connectivity index (χ0) is 18.2. The summed E-state index contributed by atoms with van der Waals surface area (Å²) < 4.78 is 37.4. The number of alkyl halides is 3. The number of halogens is 3. The van der Waals surface area contributed by atoms with Crippen LogP contribution in [0.2, 0.25) is 0 Å². The standard InChI is InChI=1S/C15H20F3N3O3/c1-19-14(24)13(11-5-3-2-4-6-11)20-12(23)9-21(7-8-22)10-15(16,17)18/h2-6,13,22H,7-10H2,1H3,(H,19,24)(H,20,23)/t13-/m1/s1. The molecule has 1 aromatic carbocycles. The highest BCUT2D eigenvalue weighted by molar-refractivity contribution is 5.89. The Bertz CT molecular complexity index is 538. The number of aliphatic hydroxyl groups is 1. The Hall–Kier alpha value is -2.13. The fraction of sp³-hybridized carbons (Fsp3) is 0.467. The van der Waals surface area contributed by atoms with E-state index in [-0.39, 0.29) is 6.54 Å². The average Bonchev–Trinajstić information content (AvgIpc) is 2.51. The van der Waals surface area contributed by atoms with Crippen LogP contribution in [0.4, 0.5) is 13.2 Å². The van der Waals surface area contributed by atoms with Crippen molar-refractivity contribution in [3.63, 3.8) is 0 Å². The van der Waals surface area contributed by atoms with Gasteiger partial charge in [-0.1, -0.05) is 30.3 Å². The molecule has 1 rings (SSSR count). The van der Waals surface area contributed by atoms with E-state index in [1.165, 1.54) is 7.05 Å². The second kappa shape index (κ2) is 9.24. The molecule has 0 spiro atoms. The highest BCUT2D eigenvalue weighted by atomic mass is 19.4. The van der Waals surface area contributed by atoms with Gasteiger partial charge in [0, 0.05) is 13.6 Å². The number of nitrogens with one attached hydrogen (secondary N) is 2. The summed E-state index contributed by atoms with van der Waals surface area (Å²) in [4.78, 5) is 24.7. The van der Waals surface area contributed by atoms with Crippen molar-refractivity contribution in [1.29, 1.82) is 0 Å². The van der Waals surface area contributed by atoms with Crippen molar-refractivity contribution in [2.24, 2.45) is 0 Å². The molecule has 1 atom stereocenters. The van der Waals surface area contributed by atoms with Crippen LogP contribution in [0, 0.1) is 0 Å². The normalized spacial score (nSPS) is 12.8. The van der Waals surface area contributed by atoms with Crippen LogP contribution in [0.25, 0.3) is 0 Å². The molecule has 0 aliphatic heterocycles. The number of amides is 2. The first kappa shape index (κ1) is 19.9. The van der Waals surface area contributed by atoms with Gasteiger partial charge in [0.1, 0.15) is 6.04 Å². The third-order valence-corrected chi connectivity index (χ3v) is 3.13. The van der Waals surface area contributed by atoms with Crippen molar-refractivity contribution < 1.29 is 27.9 Å². The van der Waals surface area contributed by atoms with Gasteiger partial charge in [-0.2, -0.15) is 13.2 Å².